The van der Waals surface area contributed by atoms with E-state index in [4.69, 9.17) is 5.11 Å². The highest BCUT2D eigenvalue weighted by Crippen LogP contribution is 2.18. The van der Waals surface area contributed by atoms with Crippen molar-refractivity contribution in [1.82, 2.24) is 10.6 Å². The lowest BCUT2D eigenvalue weighted by molar-refractivity contribution is 0.261. The molecule has 0 saturated carbocycles. The highest BCUT2D eigenvalue weighted by molar-refractivity contribution is 8.27. The number of hydrogen-bond donors (Lipinski definition) is 3. The quantitative estimate of drug-likeness (QED) is 0.0342. The summed E-state index contributed by atoms with van der Waals surface area (Å²) in [5, 5.41) is 18.2. The van der Waals surface area contributed by atoms with E-state index in [1.807, 2.05) is 6.26 Å². The molecule has 0 saturated heterocycles. The summed E-state index contributed by atoms with van der Waals surface area (Å²) in [5.41, 5.74) is 3.00. The predicted octanol–water partition coefficient (Wildman–Crippen LogP) is 6.18. The number of carbonyl (C=O) groups is 2. The van der Waals surface area contributed by atoms with Gasteiger partial charge in [-0.3, -0.25) is 28.0 Å². The number of nitrogens with zero attached hydrogens (tertiary/aromatic N) is 2. The zero-order valence-corrected chi connectivity index (χ0v) is 33.7. The molecule has 2 amide bonds. The number of hydrogen-bond acceptors (Lipinski definition) is 18. The van der Waals surface area contributed by atoms with Gasteiger partial charge >= 0.3 is 0 Å². The van der Waals surface area contributed by atoms with E-state index in [1.54, 1.807) is 82.3 Å². The first kappa shape index (κ1) is 44.4. The number of amides is 2. The molecular formula is C20H38N4O5S13. The standard InChI is InChI=1S/C20H38N4O5S13/c1-30-13-37-17-41(28)10-21-6-31-3-5-34-9-24-20(27)40-16-38-18-42(29)11-22-7-32-2-4-33-8-23-19(26)39-15-36-14-35-12-25/h10-11,25H,2-9,12-18H2,1H3,(H,23,26)(H,24,27). The van der Waals surface area contributed by atoms with Gasteiger partial charge in [0.1, 0.15) is 0 Å². The van der Waals surface area contributed by atoms with E-state index >= 15 is 0 Å². The number of aliphatic hydroxyl groups excluding tert-OH is 1. The topological polar surface area (TPSA) is 137 Å². The van der Waals surface area contributed by atoms with Crippen molar-refractivity contribution in [3.8, 4) is 0 Å². The SMILES string of the molecule is CSCSCS(=O)C=NCSCCSCNC(=O)SCSCS(=O)C=NCSCCSCNC(=O)SCSCSCO. The van der Waals surface area contributed by atoms with Crippen LogP contribution in [0.4, 0.5) is 9.59 Å². The summed E-state index contributed by atoms with van der Waals surface area (Å²) in [7, 11) is -2.17. The van der Waals surface area contributed by atoms with Crippen molar-refractivity contribution in [1.29, 1.82) is 0 Å². The summed E-state index contributed by atoms with van der Waals surface area (Å²) in [6, 6.07) is 0. The monoisotopic (exact) mass is 830 g/mol. The summed E-state index contributed by atoms with van der Waals surface area (Å²) in [5.74, 6) is 5.94. The van der Waals surface area contributed by atoms with Gasteiger partial charge in [-0.25, -0.2) is 0 Å². The summed E-state index contributed by atoms with van der Waals surface area (Å²) in [4.78, 5) is 31.9. The van der Waals surface area contributed by atoms with E-state index in [-0.39, 0.29) is 16.4 Å². The molecule has 0 fully saturated rings. The van der Waals surface area contributed by atoms with Crippen molar-refractivity contribution in [2.75, 3.05) is 89.2 Å². The number of aliphatic hydroxyl groups is 1. The van der Waals surface area contributed by atoms with Crippen molar-refractivity contribution < 1.29 is 23.1 Å². The third-order valence-corrected chi connectivity index (χ3v) is 17.5. The van der Waals surface area contributed by atoms with Gasteiger partial charge in [-0.05, 0) is 6.26 Å². The third-order valence-electron chi connectivity index (χ3n) is 3.50. The molecule has 0 aliphatic heterocycles. The fourth-order valence-corrected chi connectivity index (χ4v) is 13.7. The van der Waals surface area contributed by atoms with E-state index in [1.165, 1.54) is 58.1 Å². The van der Waals surface area contributed by atoms with Gasteiger partial charge in [-0.1, -0.05) is 23.5 Å². The second-order valence-corrected chi connectivity index (χ2v) is 22.4. The molecule has 0 aromatic rings. The van der Waals surface area contributed by atoms with Crippen molar-refractivity contribution in [3.05, 3.63) is 0 Å². The van der Waals surface area contributed by atoms with Crippen LogP contribution in [-0.2, 0) is 21.6 Å². The molecule has 9 nitrogen and oxygen atoms in total. The zero-order chi connectivity index (χ0) is 30.9. The molecule has 0 aromatic heterocycles. The third kappa shape index (κ3) is 35.2. The summed E-state index contributed by atoms with van der Waals surface area (Å²) in [6.45, 7) is 0. The van der Waals surface area contributed by atoms with Gasteiger partial charge < -0.3 is 15.7 Å². The number of carbonyl (C=O) groups excluding carboxylic acids is 2. The van der Waals surface area contributed by atoms with Gasteiger partial charge in [0.25, 0.3) is 10.5 Å². The average Bonchev–Trinajstić information content (AvgIpc) is 2.97. The maximum atomic E-state index is 12.0. The van der Waals surface area contributed by atoms with Crippen LogP contribution in [0, 0.1) is 0 Å². The number of thioether (sulfide) groups is 11. The number of nitrogens with one attached hydrogen (secondary N) is 2. The van der Waals surface area contributed by atoms with Gasteiger partial charge in [-0.2, -0.15) is 11.8 Å². The van der Waals surface area contributed by atoms with Crippen LogP contribution in [0.3, 0.4) is 0 Å². The van der Waals surface area contributed by atoms with Crippen molar-refractivity contribution in [2.45, 2.75) is 0 Å². The Morgan fingerprint density at radius 2 is 1.14 bits per heavy atom. The molecule has 42 heavy (non-hydrogen) atoms. The Hall–Kier alpha value is 2.39. The molecule has 0 aromatic carbocycles. The molecule has 0 spiro atoms. The minimum Gasteiger partial charge on any atom is -0.386 e. The molecule has 2 unspecified atom stereocenters. The molecule has 3 N–H and O–H groups in total. The van der Waals surface area contributed by atoms with Crippen LogP contribution in [0.25, 0.3) is 0 Å². The Kier molecular flexibility index (Phi) is 38.3. The van der Waals surface area contributed by atoms with Crippen LogP contribution < -0.4 is 10.6 Å². The average molecular weight is 831 g/mol. The van der Waals surface area contributed by atoms with Crippen LogP contribution >= 0.6 is 129 Å². The van der Waals surface area contributed by atoms with Crippen molar-refractivity contribution >= 4 is 173 Å². The van der Waals surface area contributed by atoms with Gasteiger partial charge in [0.05, 0.1) is 72.3 Å². The van der Waals surface area contributed by atoms with E-state index in [9.17, 15) is 18.0 Å². The molecular weight excluding hydrogens is 793 g/mol. The Morgan fingerprint density at radius 1 is 0.667 bits per heavy atom. The van der Waals surface area contributed by atoms with Crippen molar-refractivity contribution in [3.63, 3.8) is 0 Å². The summed E-state index contributed by atoms with van der Waals surface area (Å²) >= 11 is 16.9. The Balaban J connectivity index is 3.49. The first-order chi connectivity index (χ1) is 20.5. The number of rotatable bonds is 29. The highest BCUT2D eigenvalue weighted by atomic mass is 32.3. The molecule has 2 atom stereocenters. The predicted molar refractivity (Wildman–Crippen MR) is 215 cm³/mol. The van der Waals surface area contributed by atoms with Crippen LogP contribution in [0.1, 0.15) is 0 Å². The lowest BCUT2D eigenvalue weighted by Crippen LogP contribution is -2.18. The van der Waals surface area contributed by atoms with Gasteiger partial charge in [-0.15, -0.1) is 94.1 Å². The second-order valence-electron chi connectivity index (χ2n) is 6.68. The molecule has 0 radical (unpaired) electrons. The zero-order valence-electron chi connectivity index (χ0n) is 23.0. The minimum absolute atomic E-state index is 0.0355. The maximum Gasteiger partial charge on any atom is 0.280 e. The molecule has 0 aliphatic carbocycles. The molecule has 0 bridgehead atoms. The molecule has 0 aliphatic rings. The smallest absolute Gasteiger partial charge is 0.280 e. The normalized spacial score (nSPS) is 13.1. The van der Waals surface area contributed by atoms with Crippen molar-refractivity contribution in [2.24, 2.45) is 9.98 Å². The molecule has 22 heteroatoms. The molecule has 246 valence electrons. The second kappa shape index (κ2) is 36.2. The number of aliphatic imine (C=N–C) groups is 2. The Bertz CT molecular complexity index is 787. The van der Waals surface area contributed by atoms with Crippen LogP contribution in [0.5, 0.6) is 0 Å². The highest BCUT2D eigenvalue weighted by Gasteiger charge is 2.04. The van der Waals surface area contributed by atoms with Gasteiger partial charge in [0, 0.05) is 43.4 Å². The molecule has 0 heterocycles. The lowest BCUT2D eigenvalue weighted by atomic mass is 11.0. The van der Waals surface area contributed by atoms with E-state index in [0.717, 1.165) is 33.2 Å². The summed E-state index contributed by atoms with van der Waals surface area (Å²) in [6.07, 6.45) is 2.02. The van der Waals surface area contributed by atoms with E-state index in [0.29, 0.717) is 43.8 Å². The first-order valence-electron chi connectivity index (χ1n) is 11.8. The van der Waals surface area contributed by atoms with E-state index < -0.39 is 21.6 Å². The van der Waals surface area contributed by atoms with Crippen LogP contribution in [-0.4, -0.2) is 124 Å². The largest absolute Gasteiger partial charge is 0.386 e. The molecule has 0 rings (SSSR count). The van der Waals surface area contributed by atoms with Crippen LogP contribution in [0.15, 0.2) is 9.98 Å². The Morgan fingerprint density at radius 3 is 1.64 bits per heavy atom. The first-order valence-corrected chi connectivity index (χ1v) is 27.1. The van der Waals surface area contributed by atoms with Gasteiger partial charge in [0.2, 0.25) is 0 Å². The van der Waals surface area contributed by atoms with E-state index in [2.05, 4.69) is 20.6 Å². The maximum absolute atomic E-state index is 12.0. The summed E-state index contributed by atoms with van der Waals surface area (Å²) < 4.78 is 23.7. The fraction of sp³-hybridized carbons (Fsp3) is 0.800. The Labute approximate surface area is 302 Å². The lowest BCUT2D eigenvalue weighted by Gasteiger charge is -2.04. The fourth-order valence-electron chi connectivity index (χ4n) is 1.86. The van der Waals surface area contributed by atoms with Gasteiger partial charge in [0.15, 0.2) is 0 Å². The minimum atomic E-state index is -1.17. The van der Waals surface area contributed by atoms with Crippen LogP contribution in [0.2, 0.25) is 0 Å².